The van der Waals surface area contributed by atoms with Crippen LogP contribution < -0.4 is 0 Å². The SMILES string of the molecule is CN1CCO[C@H](CN(CC2CC2)C(=O)c2ncn[nH]2)C1. The summed E-state index contributed by atoms with van der Waals surface area (Å²) in [6, 6.07) is 0. The van der Waals surface area contributed by atoms with Crippen LogP contribution in [0.15, 0.2) is 6.33 Å². The van der Waals surface area contributed by atoms with Crippen LogP contribution in [0.3, 0.4) is 0 Å². The van der Waals surface area contributed by atoms with Gasteiger partial charge in [0.15, 0.2) is 0 Å². The second-order valence-corrected chi connectivity index (χ2v) is 5.74. The fourth-order valence-corrected chi connectivity index (χ4v) is 2.53. The summed E-state index contributed by atoms with van der Waals surface area (Å²) >= 11 is 0. The van der Waals surface area contributed by atoms with Crippen LogP contribution in [0.1, 0.15) is 23.5 Å². The van der Waals surface area contributed by atoms with Crippen molar-refractivity contribution in [1.29, 1.82) is 0 Å². The van der Waals surface area contributed by atoms with Gasteiger partial charge in [-0.05, 0) is 25.8 Å². The summed E-state index contributed by atoms with van der Waals surface area (Å²) in [6.45, 7) is 3.97. The molecule has 0 unspecified atom stereocenters. The highest BCUT2D eigenvalue weighted by Crippen LogP contribution is 2.30. The first kappa shape index (κ1) is 13.5. The molecule has 1 atom stereocenters. The van der Waals surface area contributed by atoms with Gasteiger partial charge in [0.25, 0.3) is 5.91 Å². The quantitative estimate of drug-likeness (QED) is 0.820. The molecule has 20 heavy (non-hydrogen) atoms. The predicted molar refractivity (Wildman–Crippen MR) is 72.2 cm³/mol. The second-order valence-electron chi connectivity index (χ2n) is 5.74. The van der Waals surface area contributed by atoms with Gasteiger partial charge in [-0.25, -0.2) is 4.98 Å². The Balaban J connectivity index is 1.64. The summed E-state index contributed by atoms with van der Waals surface area (Å²) in [5.74, 6) is 0.879. The molecule has 1 N–H and O–H groups in total. The summed E-state index contributed by atoms with van der Waals surface area (Å²) < 4.78 is 5.77. The van der Waals surface area contributed by atoms with E-state index in [0.29, 0.717) is 18.3 Å². The van der Waals surface area contributed by atoms with Gasteiger partial charge in [0.1, 0.15) is 6.33 Å². The molecule has 2 aliphatic rings. The maximum Gasteiger partial charge on any atom is 0.291 e. The number of aromatic nitrogens is 3. The van der Waals surface area contributed by atoms with Gasteiger partial charge < -0.3 is 14.5 Å². The number of morpholine rings is 1. The zero-order valence-corrected chi connectivity index (χ0v) is 11.8. The van der Waals surface area contributed by atoms with Gasteiger partial charge in [-0.1, -0.05) is 0 Å². The summed E-state index contributed by atoms with van der Waals surface area (Å²) in [6.07, 6.45) is 3.88. The molecule has 2 fully saturated rings. The standard InChI is InChI=1S/C13H21N5O2/c1-17-4-5-20-11(7-17)8-18(6-10-2-3-10)13(19)12-14-9-15-16-12/h9-11H,2-8H2,1H3,(H,14,15,16)/t11-/m0/s1. The largest absolute Gasteiger partial charge is 0.374 e. The topological polar surface area (TPSA) is 74.3 Å². The molecule has 7 nitrogen and oxygen atoms in total. The van der Waals surface area contributed by atoms with Crippen molar-refractivity contribution < 1.29 is 9.53 Å². The molecule has 1 aliphatic heterocycles. The van der Waals surface area contributed by atoms with Gasteiger partial charge in [-0.15, -0.1) is 0 Å². The molecule has 1 aliphatic carbocycles. The summed E-state index contributed by atoms with van der Waals surface area (Å²) in [4.78, 5) is 20.5. The van der Waals surface area contributed by atoms with Gasteiger partial charge in [0.05, 0.1) is 12.7 Å². The lowest BCUT2D eigenvalue weighted by molar-refractivity contribution is -0.0332. The van der Waals surface area contributed by atoms with Crippen LogP contribution in [0, 0.1) is 5.92 Å². The van der Waals surface area contributed by atoms with Crippen LogP contribution in [-0.4, -0.2) is 76.8 Å². The number of hydrogen-bond donors (Lipinski definition) is 1. The molecule has 0 aromatic carbocycles. The van der Waals surface area contributed by atoms with Crippen molar-refractivity contribution in [2.45, 2.75) is 18.9 Å². The molecule has 1 aromatic heterocycles. The number of carbonyl (C=O) groups excluding carboxylic acids is 1. The molecule has 0 bridgehead atoms. The van der Waals surface area contributed by atoms with E-state index in [1.165, 1.54) is 19.2 Å². The molecule has 3 rings (SSSR count). The Bertz CT molecular complexity index is 446. The molecule has 0 radical (unpaired) electrons. The molecule has 1 aromatic rings. The number of likely N-dealkylation sites (N-methyl/N-ethyl adjacent to an activating group) is 1. The van der Waals surface area contributed by atoms with E-state index in [-0.39, 0.29) is 12.0 Å². The van der Waals surface area contributed by atoms with Crippen LogP contribution in [0.2, 0.25) is 0 Å². The Labute approximate surface area is 118 Å². The highest BCUT2D eigenvalue weighted by atomic mass is 16.5. The first-order valence-corrected chi connectivity index (χ1v) is 7.17. The lowest BCUT2D eigenvalue weighted by Crippen LogP contribution is -2.48. The van der Waals surface area contributed by atoms with Crippen LogP contribution >= 0.6 is 0 Å². The average molecular weight is 279 g/mol. The number of aromatic amines is 1. The fraction of sp³-hybridized carbons (Fsp3) is 0.769. The van der Waals surface area contributed by atoms with E-state index in [0.717, 1.165) is 26.2 Å². The zero-order valence-electron chi connectivity index (χ0n) is 11.8. The first-order chi connectivity index (χ1) is 9.72. The van der Waals surface area contributed by atoms with Crippen molar-refractivity contribution >= 4 is 5.91 Å². The third-order valence-electron chi connectivity index (χ3n) is 3.85. The molecule has 0 spiro atoms. The average Bonchev–Trinajstić information content (AvgIpc) is 3.08. The van der Waals surface area contributed by atoms with Crippen molar-refractivity contribution in [2.24, 2.45) is 5.92 Å². The highest BCUT2D eigenvalue weighted by molar-refractivity contribution is 5.90. The molecule has 110 valence electrons. The molecule has 2 heterocycles. The first-order valence-electron chi connectivity index (χ1n) is 7.17. The zero-order chi connectivity index (χ0) is 13.9. The number of carbonyl (C=O) groups is 1. The van der Waals surface area contributed by atoms with Crippen molar-refractivity contribution in [3.8, 4) is 0 Å². The number of ether oxygens (including phenoxy) is 1. The van der Waals surface area contributed by atoms with E-state index in [9.17, 15) is 4.79 Å². The summed E-state index contributed by atoms with van der Waals surface area (Å²) in [5.41, 5.74) is 0. The van der Waals surface area contributed by atoms with E-state index < -0.39 is 0 Å². The number of H-pyrrole nitrogens is 1. The minimum absolute atomic E-state index is 0.0776. The summed E-state index contributed by atoms with van der Waals surface area (Å²) in [5, 5.41) is 6.41. The number of hydrogen-bond acceptors (Lipinski definition) is 5. The lowest BCUT2D eigenvalue weighted by atomic mass is 10.2. The van der Waals surface area contributed by atoms with Gasteiger partial charge in [-0.3, -0.25) is 9.89 Å². The van der Waals surface area contributed by atoms with Crippen LogP contribution in [-0.2, 0) is 4.74 Å². The third-order valence-corrected chi connectivity index (χ3v) is 3.85. The molecule has 7 heteroatoms. The minimum atomic E-state index is -0.0776. The van der Waals surface area contributed by atoms with Crippen LogP contribution in [0.25, 0.3) is 0 Å². The Morgan fingerprint density at radius 2 is 2.40 bits per heavy atom. The third kappa shape index (κ3) is 3.34. The van der Waals surface area contributed by atoms with Gasteiger partial charge >= 0.3 is 0 Å². The van der Waals surface area contributed by atoms with E-state index in [1.54, 1.807) is 0 Å². The molecular formula is C13H21N5O2. The molecule has 1 amide bonds. The lowest BCUT2D eigenvalue weighted by Gasteiger charge is -2.33. The highest BCUT2D eigenvalue weighted by Gasteiger charge is 2.31. The van der Waals surface area contributed by atoms with Crippen molar-refractivity contribution in [3.05, 3.63) is 12.2 Å². The van der Waals surface area contributed by atoms with E-state index in [2.05, 4.69) is 27.1 Å². The smallest absolute Gasteiger partial charge is 0.291 e. The number of nitrogens with zero attached hydrogens (tertiary/aromatic N) is 4. The number of amides is 1. The van der Waals surface area contributed by atoms with Gasteiger partial charge in [0.2, 0.25) is 5.82 Å². The van der Waals surface area contributed by atoms with Gasteiger partial charge in [0, 0.05) is 26.2 Å². The summed E-state index contributed by atoms with van der Waals surface area (Å²) in [7, 11) is 2.08. The number of rotatable bonds is 5. The van der Waals surface area contributed by atoms with Crippen molar-refractivity contribution in [3.63, 3.8) is 0 Å². The maximum absolute atomic E-state index is 12.4. The van der Waals surface area contributed by atoms with E-state index in [1.807, 2.05) is 4.90 Å². The van der Waals surface area contributed by atoms with Crippen LogP contribution in [0.4, 0.5) is 0 Å². The normalized spacial score (nSPS) is 23.8. The predicted octanol–water partition coefficient (Wildman–Crippen LogP) is -0.0125. The Morgan fingerprint density at radius 3 is 3.05 bits per heavy atom. The Kier molecular flexibility index (Phi) is 3.98. The van der Waals surface area contributed by atoms with E-state index in [4.69, 9.17) is 4.74 Å². The number of nitrogens with one attached hydrogen (secondary N) is 1. The fourth-order valence-electron chi connectivity index (χ4n) is 2.53. The van der Waals surface area contributed by atoms with Gasteiger partial charge in [-0.2, -0.15) is 5.10 Å². The Morgan fingerprint density at radius 1 is 1.55 bits per heavy atom. The molecular weight excluding hydrogens is 258 g/mol. The monoisotopic (exact) mass is 279 g/mol. The van der Waals surface area contributed by atoms with E-state index >= 15 is 0 Å². The second kappa shape index (κ2) is 5.88. The van der Waals surface area contributed by atoms with Crippen LogP contribution in [0.5, 0.6) is 0 Å². The van der Waals surface area contributed by atoms with Crippen molar-refractivity contribution in [1.82, 2.24) is 25.0 Å². The van der Waals surface area contributed by atoms with Crippen molar-refractivity contribution in [2.75, 3.05) is 39.8 Å². The molecule has 1 saturated carbocycles. The minimum Gasteiger partial charge on any atom is -0.374 e. The molecule has 1 saturated heterocycles. The Hall–Kier alpha value is -1.47. The maximum atomic E-state index is 12.4.